The number of ether oxygens (including phenoxy) is 1. The standard InChI is InChI=1S/C29H28N2O4S2/c32-27(31-26(28(33)34)29-12-16-9-17(13-29)11-18(10-16)14-29)25-24(19-5-1-3-7-21(19)37-25)35-15-23-30-20-6-2-4-8-22(20)36-23/h1-8,16-18,26H,9-15H2,(H,31,32)(H,33,34). The lowest BCUT2D eigenvalue weighted by Crippen LogP contribution is -2.59. The molecule has 4 aliphatic carbocycles. The number of hydrogen-bond donors (Lipinski definition) is 2. The van der Waals surface area contributed by atoms with Gasteiger partial charge in [-0.1, -0.05) is 24.3 Å². The van der Waals surface area contributed by atoms with E-state index in [0.717, 1.165) is 44.6 Å². The molecule has 4 aromatic rings. The fourth-order valence-electron chi connectivity index (χ4n) is 7.63. The Morgan fingerprint density at radius 3 is 2.30 bits per heavy atom. The Bertz CT molecular complexity index is 1450. The van der Waals surface area contributed by atoms with Gasteiger partial charge in [0.15, 0.2) is 5.75 Å². The van der Waals surface area contributed by atoms with Crippen molar-refractivity contribution in [2.24, 2.45) is 23.2 Å². The Hall–Kier alpha value is -2.97. The number of nitrogens with zero attached hydrogens (tertiary/aromatic N) is 1. The van der Waals surface area contributed by atoms with E-state index < -0.39 is 12.0 Å². The molecule has 8 rings (SSSR count). The number of thiophene rings is 1. The summed E-state index contributed by atoms with van der Waals surface area (Å²) in [7, 11) is 0. The molecule has 4 saturated carbocycles. The fourth-order valence-corrected chi connectivity index (χ4v) is 9.57. The lowest BCUT2D eigenvalue weighted by molar-refractivity contribution is -0.150. The Labute approximate surface area is 222 Å². The van der Waals surface area contributed by atoms with Crippen molar-refractivity contribution in [3.05, 3.63) is 58.4 Å². The molecule has 190 valence electrons. The third kappa shape index (κ3) is 4.01. The molecule has 6 nitrogen and oxygen atoms in total. The quantitative estimate of drug-likeness (QED) is 0.284. The van der Waals surface area contributed by atoms with Gasteiger partial charge in [0.25, 0.3) is 5.91 Å². The number of benzene rings is 2. The summed E-state index contributed by atoms with van der Waals surface area (Å²) < 4.78 is 8.30. The van der Waals surface area contributed by atoms with Gasteiger partial charge >= 0.3 is 5.97 Å². The van der Waals surface area contributed by atoms with E-state index in [1.54, 1.807) is 11.3 Å². The van der Waals surface area contributed by atoms with Crippen molar-refractivity contribution in [2.75, 3.05) is 0 Å². The number of carboxylic acids is 1. The number of fused-ring (bicyclic) bond motifs is 2. The van der Waals surface area contributed by atoms with Crippen molar-refractivity contribution in [3.63, 3.8) is 0 Å². The molecule has 4 fully saturated rings. The molecule has 0 saturated heterocycles. The van der Waals surface area contributed by atoms with E-state index in [1.165, 1.54) is 30.6 Å². The molecule has 2 heterocycles. The van der Waals surface area contributed by atoms with E-state index in [1.807, 2.05) is 48.5 Å². The summed E-state index contributed by atoms with van der Waals surface area (Å²) in [6.07, 6.45) is 6.38. The maximum absolute atomic E-state index is 13.7. The van der Waals surface area contributed by atoms with E-state index in [2.05, 4.69) is 10.3 Å². The van der Waals surface area contributed by atoms with Crippen molar-refractivity contribution in [2.45, 2.75) is 51.2 Å². The second-order valence-corrected chi connectivity index (χ2v) is 13.3. The number of aromatic nitrogens is 1. The van der Waals surface area contributed by atoms with Crippen molar-refractivity contribution < 1.29 is 19.4 Å². The van der Waals surface area contributed by atoms with Crippen LogP contribution in [0.3, 0.4) is 0 Å². The van der Waals surface area contributed by atoms with Crippen molar-refractivity contribution in [1.82, 2.24) is 10.3 Å². The second-order valence-electron chi connectivity index (χ2n) is 11.1. The van der Waals surface area contributed by atoms with Gasteiger partial charge in [0.1, 0.15) is 22.5 Å². The minimum absolute atomic E-state index is 0.248. The van der Waals surface area contributed by atoms with Gasteiger partial charge in [0.2, 0.25) is 0 Å². The van der Waals surface area contributed by atoms with Crippen LogP contribution in [-0.2, 0) is 11.4 Å². The molecule has 2 aromatic carbocycles. The first-order valence-electron chi connectivity index (χ1n) is 13.0. The van der Waals surface area contributed by atoms with Crippen molar-refractivity contribution in [3.8, 4) is 5.75 Å². The second kappa shape index (κ2) is 8.81. The first-order valence-corrected chi connectivity index (χ1v) is 14.6. The van der Waals surface area contributed by atoms with E-state index >= 15 is 0 Å². The molecule has 1 unspecified atom stereocenters. The summed E-state index contributed by atoms with van der Waals surface area (Å²) >= 11 is 2.93. The highest BCUT2D eigenvalue weighted by Crippen LogP contribution is 2.61. The molecule has 1 amide bonds. The zero-order valence-corrected chi connectivity index (χ0v) is 21.9. The summed E-state index contributed by atoms with van der Waals surface area (Å²) in [6.45, 7) is 0.248. The maximum atomic E-state index is 13.7. The predicted molar refractivity (Wildman–Crippen MR) is 145 cm³/mol. The average molecular weight is 533 g/mol. The number of hydrogen-bond acceptors (Lipinski definition) is 6. The Morgan fingerprint density at radius 2 is 1.62 bits per heavy atom. The van der Waals surface area contributed by atoms with Crippen LogP contribution in [0.4, 0.5) is 0 Å². The molecule has 8 heteroatoms. The number of carboxylic acid groups (broad SMARTS) is 1. The summed E-state index contributed by atoms with van der Waals surface area (Å²) in [5.41, 5.74) is 0.591. The van der Waals surface area contributed by atoms with Gasteiger partial charge in [-0.3, -0.25) is 4.79 Å². The molecule has 0 spiro atoms. The molecule has 2 aromatic heterocycles. The van der Waals surface area contributed by atoms with Crippen LogP contribution in [0.5, 0.6) is 5.75 Å². The molecule has 2 N–H and O–H groups in total. The summed E-state index contributed by atoms with van der Waals surface area (Å²) in [6, 6.07) is 14.9. The van der Waals surface area contributed by atoms with Crippen molar-refractivity contribution in [1.29, 1.82) is 0 Å². The highest BCUT2D eigenvalue weighted by Gasteiger charge is 2.56. The van der Waals surface area contributed by atoms with Gasteiger partial charge in [0, 0.05) is 15.5 Å². The summed E-state index contributed by atoms with van der Waals surface area (Å²) in [5.74, 6) is 1.02. The summed E-state index contributed by atoms with van der Waals surface area (Å²) in [5, 5.41) is 15.0. The van der Waals surface area contributed by atoms with Crippen LogP contribution in [-0.4, -0.2) is 28.0 Å². The van der Waals surface area contributed by atoms with Gasteiger partial charge < -0.3 is 15.2 Å². The number of aliphatic carboxylic acids is 1. The predicted octanol–water partition coefficient (Wildman–Crippen LogP) is 6.49. The normalized spacial score (nSPS) is 27.0. The molecule has 1 atom stereocenters. The molecule has 4 aliphatic rings. The Kier molecular flexibility index (Phi) is 5.51. The topological polar surface area (TPSA) is 88.5 Å². The third-order valence-corrected chi connectivity index (χ3v) is 10.8. The van der Waals surface area contributed by atoms with Gasteiger partial charge in [-0.15, -0.1) is 22.7 Å². The number of thiazole rings is 1. The smallest absolute Gasteiger partial charge is 0.326 e. The third-order valence-electron chi connectivity index (χ3n) is 8.65. The van der Waals surface area contributed by atoms with Crippen LogP contribution in [0, 0.1) is 23.2 Å². The van der Waals surface area contributed by atoms with Crippen LogP contribution in [0.25, 0.3) is 20.3 Å². The number of carbonyl (C=O) groups excluding carboxylic acids is 1. The number of carbonyl (C=O) groups is 2. The van der Waals surface area contributed by atoms with Gasteiger partial charge in [0.05, 0.1) is 10.2 Å². The lowest BCUT2D eigenvalue weighted by atomic mass is 9.47. The zero-order valence-electron chi connectivity index (χ0n) is 20.3. The van der Waals surface area contributed by atoms with E-state index in [-0.39, 0.29) is 17.9 Å². The minimum atomic E-state index is -0.923. The van der Waals surface area contributed by atoms with Crippen molar-refractivity contribution >= 4 is 54.9 Å². The van der Waals surface area contributed by atoms with Gasteiger partial charge in [-0.2, -0.15) is 0 Å². The number of rotatable bonds is 7. The molecule has 0 aliphatic heterocycles. The average Bonchev–Trinajstić information content (AvgIpc) is 3.46. The minimum Gasteiger partial charge on any atom is -0.484 e. The Balaban J connectivity index is 1.18. The number of nitrogens with one attached hydrogen (secondary N) is 1. The number of amides is 1. The molecular formula is C29H28N2O4S2. The monoisotopic (exact) mass is 532 g/mol. The number of para-hydroxylation sites is 1. The molecule has 37 heavy (non-hydrogen) atoms. The van der Waals surface area contributed by atoms with Crippen LogP contribution in [0.2, 0.25) is 0 Å². The lowest BCUT2D eigenvalue weighted by Gasteiger charge is -2.58. The molecule has 4 bridgehead atoms. The Morgan fingerprint density at radius 1 is 0.973 bits per heavy atom. The van der Waals surface area contributed by atoms with Gasteiger partial charge in [-0.25, -0.2) is 9.78 Å². The SMILES string of the molecule is O=C(NC(C(=O)O)C12CC3CC(CC(C3)C1)C2)c1sc2ccccc2c1OCc1nc2ccccc2s1. The largest absolute Gasteiger partial charge is 0.484 e. The fraction of sp³-hybridized carbons (Fsp3) is 0.414. The van der Waals surface area contributed by atoms with E-state index in [4.69, 9.17) is 4.74 Å². The molecular weight excluding hydrogens is 504 g/mol. The van der Waals surface area contributed by atoms with Crippen LogP contribution in [0.15, 0.2) is 48.5 Å². The highest BCUT2D eigenvalue weighted by atomic mass is 32.1. The van der Waals surface area contributed by atoms with E-state index in [9.17, 15) is 14.7 Å². The first kappa shape index (κ1) is 23.2. The zero-order chi connectivity index (χ0) is 25.1. The van der Waals surface area contributed by atoms with Crippen LogP contribution < -0.4 is 10.1 Å². The maximum Gasteiger partial charge on any atom is 0.326 e. The summed E-state index contributed by atoms with van der Waals surface area (Å²) in [4.78, 5) is 31.4. The van der Waals surface area contributed by atoms with Crippen LogP contribution in [0.1, 0.15) is 53.2 Å². The van der Waals surface area contributed by atoms with E-state index in [0.29, 0.717) is 28.4 Å². The van der Waals surface area contributed by atoms with Crippen LogP contribution >= 0.6 is 22.7 Å². The van der Waals surface area contributed by atoms with Gasteiger partial charge in [-0.05, 0) is 80.5 Å². The highest BCUT2D eigenvalue weighted by molar-refractivity contribution is 7.21. The molecule has 0 radical (unpaired) electrons. The first-order chi connectivity index (χ1) is 18.0.